The van der Waals surface area contributed by atoms with E-state index in [-0.39, 0.29) is 12.4 Å². The molecule has 0 bridgehead atoms. The summed E-state index contributed by atoms with van der Waals surface area (Å²) in [7, 11) is 1.65. The molecule has 102 valence electrons. The molecule has 0 amide bonds. The van der Waals surface area contributed by atoms with E-state index in [0.717, 1.165) is 28.2 Å². The van der Waals surface area contributed by atoms with E-state index in [1.54, 1.807) is 13.4 Å². The van der Waals surface area contributed by atoms with E-state index in [1.165, 1.54) is 0 Å². The largest absolute Gasteiger partial charge is 1.00 e. The van der Waals surface area contributed by atoms with Gasteiger partial charge in [-0.25, -0.2) is 9.97 Å². The van der Waals surface area contributed by atoms with Crippen molar-refractivity contribution < 1.29 is 17.1 Å². The summed E-state index contributed by atoms with van der Waals surface area (Å²) in [6, 6.07) is 15.6. The molecule has 0 aliphatic carbocycles. The number of para-hydroxylation sites is 1. The first-order valence-corrected chi connectivity index (χ1v) is 5.97. The average molecular weight is 287 g/mol. The standard InChI is InChI=1S/C15H13N3O.ClH/c1-19-12-6-4-5-11(9-12)18-15-13-7-2-3-8-14(13)16-10-17-15;/h2-10H,1H3,(H,16,17,18);1H/p-1. The van der Waals surface area contributed by atoms with Gasteiger partial charge >= 0.3 is 0 Å². The summed E-state index contributed by atoms with van der Waals surface area (Å²) in [4.78, 5) is 8.54. The number of anilines is 2. The topological polar surface area (TPSA) is 47.0 Å². The highest BCUT2D eigenvalue weighted by Crippen LogP contribution is 2.24. The van der Waals surface area contributed by atoms with Crippen molar-refractivity contribution in [2.24, 2.45) is 0 Å². The maximum atomic E-state index is 5.21. The van der Waals surface area contributed by atoms with Gasteiger partial charge in [-0.15, -0.1) is 0 Å². The number of nitrogens with zero attached hydrogens (tertiary/aromatic N) is 2. The predicted octanol–water partition coefficient (Wildman–Crippen LogP) is 0.386. The van der Waals surface area contributed by atoms with Crippen molar-refractivity contribution in [3.05, 3.63) is 54.9 Å². The SMILES string of the molecule is COc1cccc(Nc2ncnc3ccccc23)c1.[Cl-]. The fraction of sp³-hybridized carbons (Fsp3) is 0.0667. The number of rotatable bonds is 3. The van der Waals surface area contributed by atoms with Crippen molar-refractivity contribution in [1.82, 2.24) is 9.97 Å². The molecule has 1 heterocycles. The van der Waals surface area contributed by atoms with Gasteiger partial charge in [-0.2, -0.15) is 0 Å². The normalized spacial score (nSPS) is 9.85. The minimum atomic E-state index is 0. The highest BCUT2D eigenvalue weighted by Gasteiger charge is 2.03. The lowest BCUT2D eigenvalue weighted by molar-refractivity contribution is -0.00000420. The lowest BCUT2D eigenvalue weighted by Crippen LogP contribution is -3.00. The zero-order valence-corrected chi connectivity index (χ0v) is 11.6. The molecule has 1 N–H and O–H groups in total. The zero-order valence-electron chi connectivity index (χ0n) is 10.9. The van der Waals surface area contributed by atoms with Gasteiger partial charge in [0, 0.05) is 17.1 Å². The van der Waals surface area contributed by atoms with Crippen molar-refractivity contribution in [2.75, 3.05) is 12.4 Å². The summed E-state index contributed by atoms with van der Waals surface area (Å²) in [6.45, 7) is 0. The first-order chi connectivity index (χ1) is 9.36. The Morgan fingerprint density at radius 2 is 1.85 bits per heavy atom. The van der Waals surface area contributed by atoms with E-state index in [1.807, 2.05) is 48.5 Å². The third-order valence-corrected chi connectivity index (χ3v) is 2.88. The summed E-state index contributed by atoms with van der Waals surface area (Å²) in [5.74, 6) is 1.60. The molecule has 3 rings (SSSR count). The second-order valence-electron chi connectivity index (χ2n) is 4.10. The summed E-state index contributed by atoms with van der Waals surface area (Å²) in [6.07, 6.45) is 1.56. The lowest BCUT2D eigenvalue weighted by atomic mass is 10.2. The zero-order chi connectivity index (χ0) is 13.1. The molecule has 0 saturated carbocycles. The molecule has 3 aromatic rings. The van der Waals surface area contributed by atoms with Crippen LogP contribution in [0.3, 0.4) is 0 Å². The van der Waals surface area contributed by atoms with Crippen molar-refractivity contribution in [2.45, 2.75) is 0 Å². The third-order valence-electron chi connectivity index (χ3n) is 2.88. The second kappa shape index (κ2) is 6.21. The Hall–Kier alpha value is -2.33. The molecular weight excluding hydrogens is 274 g/mol. The number of nitrogens with one attached hydrogen (secondary N) is 1. The minimum absolute atomic E-state index is 0. The molecule has 4 nitrogen and oxygen atoms in total. The van der Waals surface area contributed by atoms with Gasteiger partial charge < -0.3 is 22.5 Å². The Kier molecular flexibility index (Phi) is 4.38. The van der Waals surface area contributed by atoms with Crippen LogP contribution in [0.2, 0.25) is 0 Å². The smallest absolute Gasteiger partial charge is 0.141 e. The van der Waals surface area contributed by atoms with Gasteiger partial charge in [0.05, 0.1) is 12.6 Å². The van der Waals surface area contributed by atoms with Crippen molar-refractivity contribution in [3.8, 4) is 5.75 Å². The molecule has 0 spiro atoms. The van der Waals surface area contributed by atoms with Crippen LogP contribution in [0.5, 0.6) is 5.75 Å². The van der Waals surface area contributed by atoms with E-state index < -0.39 is 0 Å². The maximum absolute atomic E-state index is 5.21. The van der Waals surface area contributed by atoms with E-state index in [4.69, 9.17) is 4.74 Å². The highest BCUT2D eigenvalue weighted by molar-refractivity contribution is 5.90. The Morgan fingerprint density at radius 1 is 1.00 bits per heavy atom. The number of methoxy groups -OCH3 is 1. The number of fused-ring (bicyclic) bond motifs is 1. The van der Waals surface area contributed by atoms with Crippen LogP contribution in [0.15, 0.2) is 54.9 Å². The number of ether oxygens (including phenoxy) is 1. The van der Waals surface area contributed by atoms with Crippen LogP contribution in [0.1, 0.15) is 0 Å². The van der Waals surface area contributed by atoms with E-state index in [0.29, 0.717) is 0 Å². The number of halogens is 1. The van der Waals surface area contributed by atoms with Gasteiger partial charge in [-0.05, 0) is 24.3 Å². The number of hydrogen-bond acceptors (Lipinski definition) is 4. The summed E-state index contributed by atoms with van der Waals surface area (Å²) < 4.78 is 5.21. The molecule has 0 saturated heterocycles. The van der Waals surface area contributed by atoms with Gasteiger partial charge in [-0.1, -0.05) is 18.2 Å². The van der Waals surface area contributed by atoms with E-state index in [9.17, 15) is 0 Å². The van der Waals surface area contributed by atoms with E-state index in [2.05, 4.69) is 15.3 Å². The molecule has 0 atom stereocenters. The van der Waals surface area contributed by atoms with Crippen molar-refractivity contribution in [1.29, 1.82) is 0 Å². The Morgan fingerprint density at radius 3 is 2.70 bits per heavy atom. The number of hydrogen-bond donors (Lipinski definition) is 1. The molecule has 0 unspecified atom stereocenters. The van der Waals surface area contributed by atoms with Crippen LogP contribution in [0, 0.1) is 0 Å². The van der Waals surface area contributed by atoms with Gasteiger partial charge in [0.15, 0.2) is 0 Å². The fourth-order valence-corrected chi connectivity index (χ4v) is 1.94. The quantitative estimate of drug-likeness (QED) is 0.756. The molecule has 2 aromatic carbocycles. The third kappa shape index (κ3) is 2.81. The van der Waals surface area contributed by atoms with Crippen LogP contribution in [0.25, 0.3) is 10.9 Å². The molecule has 0 aliphatic heterocycles. The Labute approximate surface area is 123 Å². The van der Waals surface area contributed by atoms with Crippen LogP contribution in [-0.2, 0) is 0 Å². The van der Waals surface area contributed by atoms with Gasteiger partial charge in [0.1, 0.15) is 17.9 Å². The number of aromatic nitrogens is 2. The molecular formula is C15H13ClN3O-. The van der Waals surface area contributed by atoms with Gasteiger partial charge in [0.2, 0.25) is 0 Å². The lowest BCUT2D eigenvalue weighted by Gasteiger charge is -2.09. The monoisotopic (exact) mass is 286 g/mol. The van der Waals surface area contributed by atoms with E-state index >= 15 is 0 Å². The number of benzene rings is 2. The first-order valence-electron chi connectivity index (χ1n) is 5.97. The first kappa shape index (κ1) is 14.1. The van der Waals surface area contributed by atoms with Crippen LogP contribution in [0.4, 0.5) is 11.5 Å². The maximum Gasteiger partial charge on any atom is 0.141 e. The van der Waals surface area contributed by atoms with Crippen molar-refractivity contribution >= 4 is 22.4 Å². The molecule has 0 aliphatic rings. The Balaban J connectivity index is 0.00000147. The average Bonchev–Trinajstić information content (AvgIpc) is 2.48. The second-order valence-corrected chi connectivity index (χ2v) is 4.10. The van der Waals surface area contributed by atoms with Gasteiger partial charge in [0.25, 0.3) is 0 Å². The van der Waals surface area contributed by atoms with Crippen LogP contribution >= 0.6 is 0 Å². The highest BCUT2D eigenvalue weighted by atomic mass is 35.5. The molecule has 0 fully saturated rings. The fourth-order valence-electron chi connectivity index (χ4n) is 1.94. The Bertz CT molecular complexity index is 713. The summed E-state index contributed by atoms with van der Waals surface area (Å²) >= 11 is 0. The van der Waals surface area contributed by atoms with Crippen LogP contribution in [-0.4, -0.2) is 17.1 Å². The van der Waals surface area contributed by atoms with Gasteiger partial charge in [-0.3, -0.25) is 0 Å². The molecule has 1 aromatic heterocycles. The van der Waals surface area contributed by atoms with Crippen LogP contribution < -0.4 is 22.5 Å². The summed E-state index contributed by atoms with van der Waals surface area (Å²) in [5.41, 5.74) is 1.85. The molecule has 20 heavy (non-hydrogen) atoms. The summed E-state index contributed by atoms with van der Waals surface area (Å²) in [5, 5.41) is 4.28. The van der Waals surface area contributed by atoms with Crippen molar-refractivity contribution in [3.63, 3.8) is 0 Å². The molecule has 0 radical (unpaired) electrons. The molecule has 5 heteroatoms. The minimum Gasteiger partial charge on any atom is -1.00 e. The predicted molar refractivity (Wildman–Crippen MR) is 75.8 cm³/mol.